The molecule has 1 aliphatic heterocycles. The zero-order chi connectivity index (χ0) is 20.4. The van der Waals surface area contributed by atoms with Gasteiger partial charge < -0.3 is 5.32 Å². The lowest BCUT2D eigenvalue weighted by Crippen LogP contribution is -2.36. The summed E-state index contributed by atoms with van der Waals surface area (Å²) in [6.45, 7) is -0.250. The number of anilines is 1. The second kappa shape index (κ2) is 7.83. The highest BCUT2D eigenvalue weighted by Crippen LogP contribution is 2.35. The van der Waals surface area contributed by atoms with Gasteiger partial charge in [0.15, 0.2) is 5.78 Å². The van der Waals surface area contributed by atoms with E-state index >= 15 is 0 Å². The van der Waals surface area contributed by atoms with E-state index < -0.39 is 0 Å². The van der Waals surface area contributed by atoms with E-state index in [-0.39, 0.29) is 41.9 Å². The molecule has 1 heterocycles. The first kappa shape index (κ1) is 18.8. The first-order chi connectivity index (χ1) is 14.0. The van der Waals surface area contributed by atoms with E-state index in [1.54, 1.807) is 48.5 Å². The van der Waals surface area contributed by atoms with Crippen molar-refractivity contribution in [1.82, 2.24) is 4.90 Å². The van der Waals surface area contributed by atoms with Crippen LogP contribution in [0.3, 0.4) is 0 Å². The van der Waals surface area contributed by atoms with Gasteiger partial charge in [-0.15, -0.1) is 0 Å². The van der Waals surface area contributed by atoms with Crippen LogP contribution in [0.25, 0.3) is 0 Å². The van der Waals surface area contributed by atoms with Crippen molar-refractivity contribution in [3.8, 4) is 0 Å². The molecule has 0 spiro atoms. The predicted octanol–water partition coefficient (Wildman–Crippen LogP) is 3.07. The smallest absolute Gasteiger partial charge is 0.255 e. The minimum Gasteiger partial charge on any atom is -0.322 e. The molecule has 0 unspecified atom stereocenters. The normalized spacial score (nSPS) is 20.5. The van der Waals surface area contributed by atoms with Crippen molar-refractivity contribution >= 4 is 29.2 Å². The molecule has 1 N–H and O–H groups in total. The highest BCUT2D eigenvalue weighted by Gasteiger charge is 2.47. The number of carbonyl (C=O) groups is 4. The minimum atomic E-state index is -0.337. The first-order valence-electron chi connectivity index (χ1n) is 9.54. The highest BCUT2D eigenvalue weighted by molar-refractivity contribution is 6.10. The summed E-state index contributed by atoms with van der Waals surface area (Å²) in [5.41, 5.74) is 1.48. The van der Waals surface area contributed by atoms with E-state index in [2.05, 4.69) is 5.32 Å². The molecule has 0 radical (unpaired) electrons. The Morgan fingerprint density at radius 1 is 0.828 bits per heavy atom. The SMILES string of the molecule is O=C(CN1C(=O)[C@H]2CC=CC[C@H]2C1=O)c1ccc(NC(=O)c2ccccc2)cc1. The Hall–Kier alpha value is -3.54. The average Bonchev–Trinajstić information content (AvgIpc) is 3.00. The standard InChI is InChI=1S/C23H20N2O4/c26-20(14-25-22(28)18-8-4-5-9-19(18)23(25)29)15-10-12-17(13-11-15)24-21(27)16-6-2-1-3-7-16/h1-7,10-13,18-19H,8-9,14H2,(H,24,27)/t18-,19+. The molecule has 1 aliphatic carbocycles. The topological polar surface area (TPSA) is 83.6 Å². The van der Waals surface area contributed by atoms with E-state index in [0.29, 0.717) is 29.7 Å². The van der Waals surface area contributed by atoms with Crippen molar-refractivity contribution < 1.29 is 19.2 Å². The molecule has 146 valence electrons. The second-order valence-electron chi connectivity index (χ2n) is 7.24. The Morgan fingerprint density at radius 2 is 1.41 bits per heavy atom. The molecule has 1 fully saturated rings. The van der Waals surface area contributed by atoms with Crippen molar-refractivity contribution in [2.75, 3.05) is 11.9 Å². The number of benzene rings is 2. The second-order valence-corrected chi connectivity index (χ2v) is 7.24. The molecule has 0 aromatic heterocycles. The number of hydrogen-bond donors (Lipinski definition) is 1. The van der Waals surface area contributed by atoms with Crippen LogP contribution in [0.2, 0.25) is 0 Å². The molecule has 0 bridgehead atoms. The summed E-state index contributed by atoms with van der Waals surface area (Å²) >= 11 is 0. The fraction of sp³-hybridized carbons (Fsp3) is 0.217. The number of carbonyl (C=O) groups excluding carboxylic acids is 4. The maximum absolute atomic E-state index is 12.6. The molecule has 0 saturated carbocycles. The quantitative estimate of drug-likeness (QED) is 0.485. The number of Topliss-reactive ketones (excluding diaryl/α,β-unsaturated/α-hetero) is 1. The predicted molar refractivity (Wildman–Crippen MR) is 107 cm³/mol. The van der Waals surface area contributed by atoms with Gasteiger partial charge >= 0.3 is 0 Å². The van der Waals surface area contributed by atoms with E-state index in [0.717, 1.165) is 4.90 Å². The number of nitrogens with zero attached hydrogens (tertiary/aromatic N) is 1. The van der Waals surface area contributed by atoms with Crippen LogP contribution in [0, 0.1) is 11.8 Å². The molecule has 6 heteroatoms. The first-order valence-corrected chi connectivity index (χ1v) is 9.54. The number of hydrogen-bond acceptors (Lipinski definition) is 4. The number of nitrogens with one attached hydrogen (secondary N) is 1. The Labute approximate surface area is 168 Å². The fourth-order valence-electron chi connectivity index (χ4n) is 3.79. The Bertz CT molecular complexity index is 969. The number of fused-ring (bicyclic) bond motifs is 1. The van der Waals surface area contributed by atoms with Crippen LogP contribution in [0.15, 0.2) is 66.7 Å². The third kappa shape index (κ3) is 3.74. The van der Waals surface area contributed by atoms with Crippen molar-refractivity contribution in [3.63, 3.8) is 0 Å². The number of ketones is 1. The summed E-state index contributed by atoms with van der Waals surface area (Å²) in [5.74, 6) is -1.74. The summed E-state index contributed by atoms with van der Waals surface area (Å²) in [5, 5.41) is 2.77. The van der Waals surface area contributed by atoms with Crippen LogP contribution < -0.4 is 5.32 Å². The Balaban J connectivity index is 1.40. The van der Waals surface area contributed by atoms with Gasteiger partial charge in [-0.3, -0.25) is 24.1 Å². The molecule has 2 atom stereocenters. The van der Waals surface area contributed by atoms with Crippen molar-refractivity contribution in [1.29, 1.82) is 0 Å². The van der Waals surface area contributed by atoms with E-state index in [4.69, 9.17) is 0 Å². The third-order valence-corrected chi connectivity index (χ3v) is 5.40. The van der Waals surface area contributed by atoms with Gasteiger partial charge in [-0.2, -0.15) is 0 Å². The third-order valence-electron chi connectivity index (χ3n) is 5.40. The number of amides is 3. The average molecular weight is 388 g/mol. The van der Waals surface area contributed by atoms with Gasteiger partial charge in [0.25, 0.3) is 5.91 Å². The van der Waals surface area contributed by atoms with Gasteiger partial charge in [0.2, 0.25) is 11.8 Å². The van der Waals surface area contributed by atoms with Crippen LogP contribution in [0.1, 0.15) is 33.6 Å². The van der Waals surface area contributed by atoms with Crippen molar-refractivity contribution in [3.05, 3.63) is 77.9 Å². The summed E-state index contributed by atoms with van der Waals surface area (Å²) in [4.78, 5) is 50.9. The van der Waals surface area contributed by atoms with E-state index in [1.807, 2.05) is 18.2 Å². The van der Waals surface area contributed by atoms with Crippen LogP contribution >= 0.6 is 0 Å². The van der Waals surface area contributed by atoms with Gasteiger partial charge in [0, 0.05) is 16.8 Å². The molecule has 4 rings (SSSR count). The molecule has 3 amide bonds. The zero-order valence-corrected chi connectivity index (χ0v) is 15.7. The van der Waals surface area contributed by atoms with Crippen LogP contribution in [0.4, 0.5) is 5.69 Å². The van der Waals surface area contributed by atoms with Gasteiger partial charge in [0.1, 0.15) is 0 Å². The maximum Gasteiger partial charge on any atom is 0.255 e. The van der Waals surface area contributed by atoms with Gasteiger partial charge in [0.05, 0.1) is 18.4 Å². The molecule has 2 aromatic carbocycles. The highest BCUT2D eigenvalue weighted by atomic mass is 16.2. The number of likely N-dealkylation sites (tertiary alicyclic amines) is 1. The monoisotopic (exact) mass is 388 g/mol. The molecular formula is C23H20N2O4. The lowest BCUT2D eigenvalue weighted by molar-refractivity contribution is -0.139. The lowest BCUT2D eigenvalue weighted by Gasteiger charge is -2.14. The fourth-order valence-corrected chi connectivity index (χ4v) is 3.79. The van der Waals surface area contributed by atoms with Crippen LogP contribution in [-0.2, 0) is 9.59 Å². The number of allylic oxidation sites excluding steroid dienone is 2. The van der Waals surface area contributed by atoms with Gasteiger partial charge in [-0.1, -0.05) is 30.4 Å². The van der Waals surface area contributed by atoms with Crippen molar-refractivity contribution in [2.45, 2.75) is 12.8 Å². The van der Waals surface area contributed by atoms with Gasteiger partial charge in [-0.25, -0.2) is 0 Å². The van der Waals surface area contributed by atoms with E-state index in [9.17, 15) is 19.2 Å². The van der Waals surface area contributed by atoms with Crippen molar-refractivity contribution in [2.24, 2.45) is 11.8 Å². The summed E-state index contributed by atoms with van der Waals surface area (Å²) in [7, 11) is 0. The largest absolute Gasteiger partial charge is 0.322 e. The molecule has 1 saturated heterocycles. The molecule has 29 heavy (non-hydrogen) atoms. The summed E-state index contributed by atoms with van der Waals surface area (Å²) in [6.07, 6.45) is 4.94. The maximum atomic E-state index is 12.6. The lowest BCUT2D eigenvalue weighted by atomic mass is 9.85. The molecule has 2 aromatic rings. The van der Waals surface area contributed by atoms with E-state index in [1.165, 1.54) is 0 Å². The van der Waals surface area contributed by atoms with Crippen LogP contribution in [-0.4, -0.2) is 34.9 Å². The zero-order valence-electron chi connectivity index (χ0n) is 15.7. The minimum absolute atomic E-state index is 0.242. The molecule has 6 nitrogen and oxygen atoms in total. The Morgan fingerprint density at radius 3 is 2.00 bits per heavy atom. The molecular weight excluding hydrogens is 368 g/mol. The summed E-state index contributed by atoms with van der Waals surface area (Å²) < 4.78 is 0. The summed E-state index contributed by atoms with van der Waals surface area (Å²) in [6, 6.07) is 15.3. The molecule has 2 aliphatic rings. The van der Waals surface area contributed by atoms with Gasteiger partial charge in [-0.05, 0) is 49.2 Å². The Kier molecular flexibility index (Phi) is 5.08. The number of rotatable bonds is 5. The van der Waals surface area contributed by atoms with Crippen LogP contribution in [0.5, 0.6) is 0 Å². The number of imide groups is 1.